The fourth-order valence-corrected chi connectivity index (χ4v) is 1.60. The van der Waals surface area contributed by atoms with Crippen LogP contribution in [0.2, 0.25) is 0 Å². The number of nitrogens with two attached hydrogens (primary N) is 2. The SMILES string of the molecule is N#CCc1ccc(NC(=O)CSC(N)=NN)cc1. The number of hydrogen-bond donors (Lipinski definition) is 3. The van der Waals surface area contributed by atoms with E-state index in [1.165, 1.54) is 0 Å². The molecule has 18 heavy (non-hydrogen) atoms. The lowest BCUT2D eigenvalue weighted by molar-refractivity contribution is -0.113. The molecule has 0 saturated carbocycles. The average molecular weight is 263 g/mol. The van der Waals surface area contributed by atoms with E-state index in [1.807, 2.05) is 0 Å². The number of carbonyl (C=O) groups excluding carboxylic acids is 1. The average Bonchev–Trinajstić information content (AvgIpc) is 2.38. The van der Waals surface area contributed by atoms with Crippen LogP contribution in [0.3, 0.4) is 0 Å². The molecule has 0 aliphatic rings. The number of carbonyl (C=O) groups is 1. The summed E-state index contributed by atoms with van der Waals surface area (Å²) >= 11 is 1.06. The van der Waals surface area contributed by atoms with Crippen LogP contribution in [0.4, 0.5) is 5.69 Å². The van der Waals surface area contributed by atoms with Gasteiger partial charge in [0, 0.05) is 5.69 Å². The van der Waals surface area contributed by atoms with Crippen LogP contribution >= 0.6 is 11.8 Å². The van der Waals surface area contributed by atoms with E-state index in [0.29, 0.717) is 12.1 Å². The minimum Gasteiger partial charge on any atom is -0.377 e. The molecule has 0 unspecified atom stereocenters. The second kappa shape index (κ2) is 7.19. The molecule has 1 rings (SSSR count). The van der Waals surface area contributed by atoms with Gasteiger partial charge in [-0.25, -0.2) is 0 Å². The summed E-state index contributed by atoms with van der Waals surface area (Å²) < 4.78 is 0. The largest absolute Gasteiger partial charge is 0.377 e. The number of nitriles is 1. The van der Waals surface area contributed by atoms with Gasteiger partial charge in [-0.15, -0.1) is 0 Å². The number of benzene rings is 1. The Morgan fingerprint density at radius 1 is 1.44 bits per heavy atom. The number of anilines is 1. The zero-order valence-electron chi connectivity index (χ0n) is 9.59. The smallest absolute Gasteiger partial charge is 0.234 e. The Balaban J connectivity index is 2.47. The lowest BCUT2D eigenvalue weighted by Gasteiger charge is -2.05. The van der Waals surface area contributed by atoms with Crippen LogP contribution in [0, 0.1) is 11.3 Å². The van der Waals surface area contributed by atoms with Gasteiger partial charge in [-0.2, -0.15) is 10.4 Å². The molecule has 1 aromatic rings. The third kappa shape index (κ3) is 4.76. The van der Waals surface area contributed by atoms with Gasteiger partial charge in [0.25, 0.3) is 0 Å². The molecule has 0 atom stereocenters. The lowest BCUT2D eigenvalue weighted by Crippen LogP contribution is -2.18. The van der Waals surface area contributed by atoms with Gasteiger partial charge in [0.1, 0.15) is 0 Å². The topological polar surface area (TPSA) is 117 Å². The highest BCUT2D eigenvalue weighted by Crippen LogP contribution is 2.10. The second-order valence-corrected chi connectivity index (χ2v) is 4.33. The summed E-state index contributed by atoms with van der Waals surface area (Å²) in [4.78, 5) is 11.5. The molecule has 0 saturated heterocycles. The first kappa shape index (κ1) is 13.9. The first-order chi connectivity index (χ1) is 8.65. The summed E-state index contributed by atoms with van der Waals surface area (Å²) in [7, 11) is 0. The predicted octanol–water partition coefficient (Wildman–Crippen LogP) is 0.613. The summed E-state index contributed by atoms with van der Waals surface area (Å²) in [5, 5.41) is 14.6. The van der Waals surface area contributed by atoms with Crippen LogP contribution in [-0.4, -0.2) is 16.8 Å². The second-order valence-electron chi connectivity index (χ2n) is 3.34. The van der Waals surface area contributed by atoms with Crippen molar-refractivity contribution in [3.05, 3.63) is 29.8 Å². The van der Waals surface area contributed by atoms with Crippen LogP contribution in [0.5, 0.6) is 0 Å². The van der Waals surface area contributed by atoms with Crippen molar-refractivity contribution in [1.29, 1.82) is 5.26 Å². The molecule has 0 spiro atoms. The monoisotopic (exact) mass is 263 g/mol. The molecular weight excluding hydrogens is 250 g/mol. The highest BCUT2D eigenvalue weighted by Gasteiger charge is 2.04. The maximum atomic E-state index is 11.5. The van der Waals surface area contributed by atoms with E-state index in [2.05, 4.69) is 16.5 Å². The molecular formula is C11H13N5OS. The Morgan fingerprint density at radius 3 is 2.67 bits per heavy atom. The highest BCUT2D eigenvalue weighted by atomic mass is 32.2. The maximum absolute atomic E-state index is 11.5. The zero-order valence-corrected chi connectivity index (χ0v) is 10.4. The standard InChI is InChI=1S/C11H13N5OS/c12-6-5-8-1-3-9(4-2-8)15-10(17)7-18-11(13)16-14/h1-4H,5,7,14H2,(H2,13,16)(H,15,17). The Hall–Kier alpha value is -2.20. The first-order valence-electron chi connectivity index (χ1n) is 5.07. The number of amides is 1. The van der Waals surface area contributed by atoms with E-state index in [-0.39, 0.29) is 16.8 Å². The fraction of sp³-hybridized carbons (Fsp3) is 0.182. The van der Waals surface area contributed by atoms with Gasteiger partial charge in [0.15, 0.2) is 5.17 Å². The highest BCUT2D eigenvalue weighted by molar-refractivity contribution is 8.14. The Bertz CT molecular complexity index is 477. The summed E-state index contributed by atoms with van der Waals surface area (Å²) in [5.41, 5.74) is 6.92. The van der Waals surface area contributed by atoms with E-state index >= 15 is 0 Å². The van der Waals surface area contributed by atoms with Crippen molar-refractivity contribution in [1.82, 2.24) is 0 Å². The molecule has 0 radical (unpaired) electrons. The van der Waals surface area contributed by atoms with Crippen LogP contribution in [0.15, 0.2) is 29.4 Å². The molecule has 0 bridgehead atoms. The zero-order chi connectivity index (χ0) is 13.4. The third-order valence-electron chi connectivity index (χ3n) is 2.00. The van der Waals surface area contributed by atoms with E-state index in [0.717, 1.165) is 17.3 Å². The van der Waals surface area contributed by atoms with Crippen molar-refractivity contribution in [3.8, 4) is 6.07 Å². The van der Waals surface area contributed by atoms with E-state index in [1.54, 1.807) is 24.3 Å². The quantitative estimate of drug-likeness (QED) is 0.318. The van der Waals surface area contributed by atoms with Gasteiger partial charge in [-0.1, -0.05) is 23.9 Å². The van der Waals surface area contributed by atoms with Gasteiger partial charge < -0.3 is 16.9 Å². The minimum absolute atomic E-state index is 0.145. The summed E-state index contributed by atoms with van der Waals surface area (Å²) in [6.07, 6.45) is 0.355. The number of rotatable bonds is 4. The molecule has 94 valence electrons. The van der Waals surface area contributed by atoms with Crippen molar-refractivity contribution in [2.45, 2.75) is 6.42 Å². The number of thioether (sulfide) groups is 1. The van der Waals surface area contributed by atoms with Crippen LogP contribution in [-0.2, 0) is 11.2 Å². The predicted molar refractivity (Wildman–Crippen MR) is 72.7 cm³/mol. The van der Waals surface area contributed by atoms with Crippen LogP contribution in [0.1, 0.15) is 5.56 Å². The maximum Gasteiger partial charge on any atom is 0.234 e. The third-order valence-corrected chi connectivity index (χ3v) is 2.81. The summed E-state index contributed by atoms with van der Waals surface area (Å²) in [6.45, 7) is 0. The van der Waals surface area contributed by atoms with Crippen molar-refractivity contribution in [2.24, 2.45) is 16.7 Å². The molecule has 7 heteroatoms. The molecule has 0 fully saturated rings. The van der Waals surface area contributed by atoms with Crippen molar-refractivity contribution in [3.63, 3.8) is 0 Å². The van der Waals surface area contributed by atoms with Crippen LogP contribution < -0.4 is 16.9 Å². The fourth-order valence-electron chi connectivity index (χ4n) is 1.17. The Morgan fingerprint density at radius 2 is 2.11 bits per heavy atom. The normalized spacial score (nSPS) is 10.7. The van der Waals surface area contributed by atoms with Crippen molar-refractivity contribution >= 4 is 28.5 Å². The molecule has 0 aliphatic heterocycles. The van der Waals surface area contributed by atoms with Gasteiger partial charge in [-0.3, -0.25) is 4.79 Å². The summed E-state index contributed by atoms with van der Waals surface area (Å²) in [5.74, 6) is 4.89. The molecule has 0 aliphatic carbocycles. The molecule has 6 nitrogen and oxygen atoms in total. The first-order valence-corrected chi connectivity index (χ1v) is 6.06. The molecule has 1 amide bonds. The molecule has 0 heterocycles. The summed E-state index contributed by atoms with van der Waals surface area (Å²) in [6, 6.07) is 9.13. The Kier molecular flexibility index (Phi) is 5.54. The molecule has 1 aromatic carbocycles. The number of hydrogen-bond acceptors (Lipinski definition) is 5. The van der Waals surface area contributed by atoms with E-state index in [9.17, 15) is 4.79 Å². The number of nitrogens with zero attached hydrogens (tertiary/aromatic N) is 2. The van der Waals surface area contributed by atoms with Crippen molar-refractivity contribution in [2.75, 3.05) is 11.1 Å². The van der Waals surface area contributed by atoms with Gasteiger partial charge >= 0.3 is 0 Å². The van der Waals surface area contributed by atoms with E-state index < -0.39 is 0 Å². The Labute approximate surface area is 109 Å². The van der Waals surface area contributed by atoms with E-state index in [4.69, 9.17) is 16.8 Å². The molecule has 0 aromatic heterocycles. The van der Waals surface area contributed by atoms with Crippen molar-refractivity contribution < 1.29 is 4.79 Å². The van der Waals surface area contributed by atoms with Gasteiger partial charge in [-0.05, 0) is 17.7 Å². The lowest BCUT2D eigenvalue weighted by atomic mass is 10.1. The number of hydrazone groups is 1. The van der Waals surface area contributed by atoms with Gasteiger partial charge in [0.2, 0.25) is 5.91 Å². The van der Waals surface area contributed by atoms with Gasteiger partial charge in [0.05, 0.1) is 18.2 Å². The minimum atomic E-state index is -0.195. The number of nitrogens with one attached hydrogen (secondary N) is 1. The van der Waals surface area contributed by atoms with Crippen LogP contribution in [0.25, 0.3) is 0 Å². The molecule has 5 N–H and O–H groups in total. The number of amidine groups is 1.